The third-order valence-corrected chi connectivity index (χ3v) is 4.53. The van der Waals surface area contributed by atoms with Crippen LogP contribution in [0.25, 0.3) is 0 Å². The lowest BCUT2D eigenvalue weighted by Gasteiger charge is -2.21. The van der Waals surface area contributed by atoms with Crippen molar-refractivity contribution in [1.82, 2.24) is 4.98 Å². The van der Waals surface area contributed by atoms with Crippen LogP contribution in [-0.2, 0) is 6.42 Å². The number of carbonyl (C=O) groups is 1. The van der Waals surface area contributed by atoms with Gasteiger partial charge in [-0.15, -0.1) is 0 Å². The first-order valence-corrected chi connectivity index (χ1v) is 9.40. The molecule has 2 aromatic carbocycles. The molecule has 0 fully saturated rings. The summed E-state index contributed by atoms with van der Waals surface area (Å²) in [5.74, 6) is 0.822. The second-order valence-electron chi connectivity index (χ2n) is 6.34. The van der Waals surface area contributed by atoms with Gasteiger partial charge in [0.05, 0.1) is 18.4 Å². The Morgan fingerprint density at radius 1 is 1.07 bits per heavy atom. The van der Waals surface area contributed by atoms with Crippen LogP contribution in [0.5, 0.6) is 5.75 Å². The second kappa shape index (κ2) is 9.55. The number of anilines is 2. The van der Waals surface area contributed by atoms with E-state index in [1.54, 1.807) is 24.4 Å². The van der Waals surface area contributed by atoms with Gasteiger partial charge < -0.3 is 15.0 Å². The van der Waals surface area contributed by atoms with Gasteiger partial charge in [0.2, 0.25) is 0 Å². The van der Waals surface area contributed by atoms with Crippen molar-refractivity contribution < 1.29 is 9.53 Å². The molecule has 1 amide bonds. The van der Waals surface area contributed by atoms with E-state index in [1.165, 1.54) is 0 Å². The third kappa shape index (κ3) is 4.68. The summed E-state index contributed by atoms with van der Waals surface area (Å²) >= 11 is 0. The van der Waals surface area contributed by atoms with Crippen molar-refractivity contribution in [2.24, 2.45) is 0 Å². The fraction of sp³-hybridized carbons (Fsp3) is 0.217. The monoisotopic (exact) mass is 375 g/mol. The van der Waals surface area contributed by atoms with Gasteiger partial charge in [-0.25, -0.2) is 0 Å². The maximum absolute atomic E-state index is 12.9. The van der Waals surface area contributed by atoms with Crippen LogP contribution in [0.3, 0.4) is 0 Å². The Labute approximate surface area is 166 Å². The fourth-order valence-corrected chi connectivity index (χ4v) is 3.11. The predicted octanol–water partition coefficient (Wildman–Crippen LogP) is 4.41. The van der Waals surface area contributed by atoms with Gasteiger partial charge in [-0.1, -0.05) is 36.4 Å². The van der Waals surface area contributed by atoms with Crippen molar-refractivity contribution in [1.29, 1.82) is 0 Å². The number of hydrogen-bond acceptors (Lipinski definition) is 4. The first-order chi connectivity index (χ1) is 13.7. The molecule has 0 bridgehead atoms. The van der Waals surface area contributed by atoms with E-state index in [1.807, 2.05) is 61.5 Å². The van der Waals surface area contributed by atoms with Gasteiger partial charge in [0.1, 0.15) is 5.75 Å². The Balaban J connectivity index is 1.67. The third-order valence-electron chi connectivity index (χ3n) is 4.53. The van der Waals surface area contributed by atoms with Gasteiger partial charge in [0, 0.05) is 31.2 Å². The topological polar surface area (TPSA) is 54.5 Å². The molecule has 1 aromatic heterocycles. The molecule has 0 aliphatic carbocycles. The molecule has 0 aliphatic rings. The van der Waals surface area contributed by atoms with E-state index in [2.05, 4.69) is 16.4 Å². The quantitative estimate of drug-likeness (QED) is 0.634. The molecule has 28 heavy (non-hydrogen) atoms. The van der Waals surface area contributed by atoms with Crippen LogP contribution in [0.2, 0.25) is 0 Å². The number of benzene rings is 2. The number of amides is 1. The number of hydrogen-bond donors (Lipinski definition) is 1. The van der Waals surface area contributed by atoms with Crippen LogP contribution < -0.4 is 15.0 Å². The maximum atomic E-state index is 12.9. The molecular formula is C23H25N3O2. The Morgan fingerprint density at radius 3 is 2.57 bits per heavy atom. The molecule has 1 N–H and O–H groups in total. The van der Waals surface area contributed by atoms with Gasteiger partial charge in [-0.2, -0.15) is 0 Å². The summed E-state index contributed by atoms with van der Waals surface area (Å²) in [6.07, 6.45) is 4.16. The number of pyridine rings is 1. The number of nitrogens with one attached hydrogen (secondary N) is 1. The molecule has 3 aromatic rings. The summed E-state index contributed by atoms with van der Waals surface area (Å²) in [6.45, 7) is 3.28. The predicted molar refractivity (Wildman–Crippen MR) is 113 cm³/mol. The molecule has 144 valence electrons. The molecule has 0 unspecified atom stereocenters. The van der Waals surface area contributed by atoms with Crippen molar-refractivity contribution in [3.63, 3.8) is 0 Å². The molecule has 0 radical (unpaired) electrons. The summed E-state index contributed by atoms with van der Waals surface area (Å²) in [4.78, 5) is 18.9. The Bertz CT molecular complexity index is 912. The molecule has 5 nitrogen and oxygen atoms in total. The molecule has 0 aliphatic heterocycles. The van der Waals surface area contributed by atoms with Gasteiger partial charge >= 0.3 is 0 Å². The van der Waals surface area contributed by atoms with Crippen LogP contribution in [0.4, 0.5) is 11.4 Å². The van der Waals surface area contributed by atoms with Gasteiger partial charge in [0.15, 0.2) is 0 Å². The minimum atomic E-state index is -0.0606. The molecule has 0 saturated carbocycles. The summed E-state index contributed by atoms with van der Waals surface area (Å²) in [6, 6.07) is 19.5. The highest BCUT2D eigenvalue weighted by Crippen LogP contribution is 2.19. The zero-order chi connectivity index (χ0) is 19.8. The molecule has 0 saturated heterocycles. The Hall–Kier alpha value is -3.34. The van der Waals surface area contributed by atoms with E-state index in [4.69, 9.17) is 4.74 Å². The van der Waals surface area contributed by atoms with Crippen LogP contribution in [0, 0.1) is 0 Å². The zero-order valence-corrected chi connectivity index (χ0v) is 16.3. The molecule has 0 spiro atoms. The van der Waals surface area contributed by atoms with Crippen molar-refractivity contribution in [3.05, 3.63) is 84.2 Å². The van der Waals surface area contributed by atoms with E-state index in [0.717, 1.165) is 35.7 Å². The molecule has 3 rings (SSSR count). The highest BCUT2D eigenvalue weighted by Gasteiger charge is 2.16. The van der Waals surface area contributed by atoms with Gasteiger partial charge in [0.25, 0.3) is 5.91 Å². The smallest absolute Gasteiger partial charge is 0.259 e. The lowest BCUT2D eigenvalue weighted by atomic mass is 10.1. The fourth-order valence-electron chi connectivity index (χ4n) is 3.11. The first-order valence-electron chi connectivity index (χ1n) is 9.40. The van der Waals surface area contributed by atoms with E-state index < -0.39 is 0 Å². The number of ether oxygens (including phenoxy) is 1. The molecular weight excluding hydrogens is 350 g/mol. The molecule has 1 heterocycles. The van der Waals surface area contributed by atoms with Crippen LogP contribution in [-0.4, -0.2) is 31.1 Å². The lowest BCUT2D eigenvalue weighted by molar-refractivity contribution is 0.0988. The lowest BCUT2D eigenvalue weighted by Crippen LogP contribution is -2.30. The minimum Gasteiger partial charge on any atom is -0.496 e. The first kappa shape index (κ1) is 19.4. The van der Waals surface area contributed by atoms with Crippen LogP contribution in [0.15, 0.2) is 73.1 Å². The summed E-state index contributed by atoms with van der Waals surface area (Å²) in [5.41, 5.74) is 3.40. The summed E-state index contributed by atoms with van der Waals surface area (Å²) in [7, 11) is 1.68. The minimum absolute atomic E-state index is 0.0606. The van der Waals surface area contributed by atoms with Crippen molar-refractivity contribution in [2.45, 2.75) is 13.3 Å². The second-order valence-corrected chi connectivity index (χ2v) is 6.34. The number of methoxy groups -OCH3 is 1. The van der Waals surface area contributed by atoms with E-state index in [9.17, 15) is 4.79 Å². The molecule has 0 atom stereocenters. The summed E-state index contributed by atoms with van der Waals surface area (Å²) in [5, 5.41) is 3.35. The standard InChI is InChI=1S/C23H25N3O2/c1-3-26(21-10-5-4-6-11-21)23(27)19-15-20(17-24-16-19)25-14-13-18-9-7-8-12-22(18)28-2/h4-12,15-17,25H,3,13-14H2,1-2H3. The Kier molecular flexibility index (Phi) is 6.63. The summed E-state index contributed by atoms with van der Waals surface area (Å²) < 4.78 is 5.39. The highest BCUT2D eigenvalue weighted by molar-refractivity contribution is 6.06. The van der Waals surface area contributed by atoms with E-state index in [-0.39, 0.29) is 5.91 Å². The SMILES string of the molecule is CCN(C(=O)c1cncc(NCCc2ccccc2OC)c1)c1ccccc1. The van der Waals surface area contributed by atoms with E-state index in [0.29, 0.717) is 12.1 Å². The van der Waals surface area contributed by atoms with Crippen molar-refractivity contribution in [2.75, 3.05) is 30.4 Å². The Morgan fingerprint density at radius 2 is 1.82 bits per heavy atom. The van der Waals surface area contributed by atoms with Crippen molar-refractivity contribution in [3.8, 4) is 5.75 Å². The maximum Gasteiger partial charge on any atom is 0.259 e. The highest BCUT2D eigenvalue weighted by atomic mass is 16.5. The number of carbonyl (C=O) groups excluding carboxylic acids is 1. The number of para-hydroxylation sites is 2. The average molecular weight is 375 g/mol. The van der Waals surface area contributed by atoms with E-state index >= 15 is 0 Å². The number of rotatable bonds is 8. The van der Waals surface area contributed by atoms with Gasteiger partial charge in [-0.05, 0) is 43.2 Å². The average Bonchev–Trinajstić information content (AvgIpc) is 2.75. The largest absolute Gasteiger partial charge is 0.496 e. The van der Waals surface area contributed by atoms with Crippen LogP contribution in [0.1, 0.15) is 22.8 Å². The normalized spacial score (nSPS) is 10.4. The van der Waals surface area contributed by atoms with Gasteiger partial charge in [-0.3, -0.25) is 9.78 Å². The number of nitrogens with zero attached hydrogens (tertiary/aromatic N) is 2. The molecule has 5 heteroatoms. The van der Waals surface area contributed by atoms with Crippen molar-refractivity contribution >= 4 is 17.3 Å². The zero-order valence-electron chi connectivity index (χ0n) is 16.3. The number of aromatic nitrogens is 1. The van der Waals surface area contributed by atoms with Crippen LogP contribution >= 0.6 is 0 Å².